The topological polar surface area (TPSA) is 70.9 Å². The maximum Gasteiger partial charge on any atom is 0.410 e. The minimum Gasteiger partial charge on any atom is -0.444 e. The molecule has 2 aromatic carbocycles. The van der Waals surface area contributed by atoms with Gasteiger partial charge < -0.3 is 19.4 Å². The zero-order chi connectivity index (χ0) is 28.4. The third-order valence-corrected chi connectivity index (χ3v) is 7.82. The summed E-state index contributed by atoms with van der Waals surface area (Å²) in [7, 11) is 0. The van der Waals surface area contributed by atoms with Crippen molar-refractivity contribution in [2.75, 3.05) is 37.6 Å². The Hall–Kier alpha value is -3.81. The number of ether oxygens (including phenoxy) is 1. The molecule has 0 N–H and O–H groups in total. The van der Waals surface area contributed by atoms with Crippen LogP contribution in [-0.2, 0) is 4.74 Å². The standard InChI is InChI=1S/C32H41N5O3/c1-23-10-9-13-27(20-23)36-19-18-35(22-24(36)2)30(38)28-21-33-37(26-11-7-6-8-12-26)29(28)25-14-16-34(17-15-25)31(39)40-32(3,4)5/h6-13,20-21,24-25H,14-19,22H2,1-5H3/t24-/m0/s1. The van der Waals surface area contributed by atoms with Crippen molar-refractivity contribution in [3.05, 3.63) is 77.6 Å². The van der Waals surface area contributed by atoms with Crippen LogP contribution in [0.1, 0.15) is 68.1 Å². The Labute approximate surface area is 237 Å². The number of carbonyl (C=O) groups excluding carboxylic acids is 2. The van der Waals surface area contributed by atoms with Gasteiger partial charge in [0.05, 0.1) is 23.1 Å². The van der Waals surface area contributed by atoms with Gasteiger partial charge in [-0.3, -0.25) is 4.79 Å². The molecule has 2 fully saturated rings. The molecule has 8 nitrogen and oxygen atoms in total. The van der Waals surface area contributed by atoms with Gasteiger partial charge in [0.15, 0.2) is 0 Å². The van der Waals surface area contributed by atoms with Gasteiger partial charge in [-0.15, -0.1) is 0 Å². The number of aryl methyl sites for hydroxylation is 1. The lowest BCUT2D eigenvalue weighted by Crippen LogP contribution is -2.54. The predicted octanol–water partition coefficient (Wildman–Crippen LogP) is 5.65. The van der Waals surface area contributed by atoms with Crippen LogP contribution in [0.4, 0.5) is 10.5 Å². The van der Waals surface area contributed by atoms with E-state index in [1.54, 1.807) is 11.1 Å². The van der Waals surface area contributed by atoms with Crippen molar-refractivity contribution < 1.29 is 14.3 Å². The van der Waals surface area contributed by atoms with Gasteiger partial charge in [-0.2, -0.15) is 5.10 Å². The third-order valence-electron chi connectivity index (χ3n) is 7.82. The summed E-state index contributed by atoms with van der Waals surface area (Å²) in [6.07, 6.45) is 2.95. The molecule has 0 spiro atoms. The quantitative estimate of drug-likeness (QED) is 0.426. The Morgan fingerprint density at radius 1 is 0.900 bits per heavy atom. The van der Waals surface area contributed by atoms with Gasteiger partial charge in [0.2, 0.25) is 0 Å². The highest BCUT2D eigenvalue weighted by molar-refractivity contribution is 5.95. The molecule has 2 amide bonds. The number of benzene rings is 2. The number of likely N-dealkylation sites (tertiary alicyclic amines) is 1. The fraction of sp³-hybridized carbons (Fsp3) is 0.469. The zero-order valence-corrected chi connectivity index (χ0v) is 24.3. The molecule has 0 unspecified atom stereocenters. The van der Waals surface area contributed by atoms with E-state index in [9.17, 15) is 9.59 Å². The summed E-state index contributed by atoms with van der Waals surface area (Å²) in [6.45, 7) is 13.2. The van der Waals surface area contributed by atoms with Gasteiger partial charge in [-0.05, 0) is 77.3 Å². The maximum absolute atomic E-state index is 14.0. The number of rotatable bonds is 4. The second-order valence-electron chi connectivity index (χ2n) is 12.1. The van der Waals surface area contributed by atoms with E-state index >= 15 is 0 Å². The minimum absolute atomic E-state index is 0.0301. The molecule has 2 aliphatic heterocycles. The smallest absolute Gasteiger partial charge is 0.410 e. The molecule has 1 atom stereocenters. The first kappa shape index (κ1) is 27.7. The summed E-state index contributed by atoms with van der Waals surface area (Å²) in [6, 6.07) is 18.7. The van der Waals surface area contributed by atoms with E-state index in [1.807, 2.05) is 60.7 Å². The molecule has 1 aromatic heterocycles. The second kappa shape index (κ2) is 11.4. The van der Waals surface area contributed by atoms with Crippen LogP contribution < -0.4 is 4.90 Å². The van der Waals surface area contributed by atoms with Crippen molar-refractivity contribution in [2.24, 2.45) is 0 Å². The fourth-order valence-electron chi connectivity index (χ4n) is 5.86. The molecule has 212 valence electrons. The molecule has 40 heavy (non-hydrogen) atoms. The molecule has 0 bridgehead atoms. The number of piperazine rings is 1. The van der Waals surface area contributed by atoms with E-state index in [4.69, 9.17) is 9.84 Å². The second-order valence-corrected chi connectivity index (χ2v) is 12.1. The number of amides is 2. The number of para-hydroxylation sites is 1. The lowest BCUT2D eigenvalue weighted by molar-refractivity contribution is 0.0203. The van der Waals surface area contributed by atoms with Crippen molar-refractivity contribution in [2.45, 2.75) is 65.0 Å². The van der Waals surface area contributed by atoms with E-state index in [-0.39, 0.29) is 24.0 Å². The summed E-state index contributed by atoms with van der Waals surface area (Å²) in [4.78, 5) is 32.9. The van der Waals surface area contributed by atoms with Crippen molar-refractivity contribution in [1.82, 2.24) is 19.6 Å². The van der Waals surface area contributed by atoms with Gasteiger partial charge in [0, 0.05) is 50.4 Å². The van der Waals surface area contributed by atoms with Crippen LogP contribution in [0.25, 0.3) is 5.69 Å². The molecular formula is C32H41N5O3. The van der Waals surface area contributed by atoms with Gasteiger partial charge in [0.25, 0.3) is 5.91 Å². The van der Waals surface area contributed by atoms with E-state index in [1.165, 1.54) is 11.3 Å². The zero-order valence-electron chi connectivity index (χ0n) is 24.3. The van der Waals surface area contributed by atoms with E-state index in [0.717, 1.165) is 30.8 Å². The number of nitrogens with zero attached hydrogens (tertiary/aromatic N) is 5. The minimum atomic E-state index is -0.528. The highest BCUT2D eigenvalue weighted by Crippen LogP contribution is 2.34. The van der Waals surface area contributed by atoms with Gasteiger partial charge >= 0.3 is 6.09 Å². The Kier molecular flexibility index (Phi) is 7.88. The first-order valence-corrected chi connectivity index (χ1v) is 14.3. The molecule has 3 heterocycles. The monoisotopic (exact) mass is 543 g/mol. The average molecular weight is 544 g/mol. The van der Waals surface area contributed by atoms with Gasteiger partial charge in [0.1, 0.15) is 5.60 Å². The van der Waals surface area contributed by atoms with Gasteiger partial charge in [-0.1, -0.05) is 30.3 Å². The van der Waals surface area contributed by atoms with Crippen LogP contribution in [-0.4, -0.2) is 75.9 Å². The molecule has 3 aromatic rings. The normalized spacial score (nSPS) is 18.6. The SMILES string of the molecule is Cc1cccc(N2CCN(C(=O)c3cnn(-c4ccccc4)c3C3CCN(C(=O)OC(C)(C)C)CC3)C[C@@H]2C)c1. The molecule has 0 radical (unpaired) electrons. The van der Waals surface area contributed by atoms with Crippen molar-refractivity contribution in [3.8, 4) is 5.69 Å². The predicted molar refractivity (Wildman–Crippen MR) is 157 cm³/mol. The maximum atomic E-state index is 14.0. The van der Waals surface area contributed by atoms with Crippen LogP contribution >= 0.6 is 0 Å². The average Bonchev–Trinajstić information content (AvgIpc) is 3.37. The molecule has 2 aliphatic rings. The Morgan fingerprint density at radius 3 is 2.25 bits per heavy atom. The Balaban J connectivity index is 1.36. The van der Waals surface area contributed by atoms with Crippen molar-refractivity contribution in [1.29, 1.82) is 0 Å². The first-order valence-electron chi connectivity index (χ1n) is 14.3. The molecule has 2 saturated heterocycles. The van der Waals surface area contributed by atoms with Crippen LogP contribution in [0.3, 0.4) is 0 Å². The van der Waals surface area contributed by atoms with Crippen LogP contribution in [0.2, 0.25) is 0 Å². The van der Waals surface area contributed by atoms with Crippen LogP contribution in [0.5, 0.6) is 0 Å². The number of carbonyl (C=O) groups is 2. The van der Waals surface area contributed by atoms with Gasteiger partial charge in [-0.25, -0.2) is 9.48 Å². The molecular weight excluding hydrogens is 502 g/mol. The summed E-state index contributed by atoms with van der Waals surface area (Å²) in [5.41, 5.74) is 4.45. The largest absolute Gasteiger partial charge is 0.444 e. The number of anilines is 1. The molecule has 0 aliphatic carbocycles. The molecule has 8 heteroatoms. The van der Waals surface area contributed by atoms with E-state index < -0.39 is 5.60 Å². The highest BCUT2D eigenvalue weighted by Gasteiger charge is 2.35. The first-order chi connectivity index (χ1) is 19.1. The number of hydrogen-bond donors (Lipinski definition) is 0. The number of hydrogen-bond acceptors (Lipinski definition) is 5. The summed E-state index contributed by atoms with van der Waals surface area (Å²) in [5, 5.41) is 4.72. The summed E-state index contributed by atoms with van der Waals surface area (Å²) < 4.78 is 7.52. The fourth-order valence-corrected chi connectivity index (χ4v) is 5.86. The highest BCUT2D eigenvalue weighted by atomic mass is 16.6. The van der Waals surface area contributed by atoms with Crippen LogP contribution in [0, 0.1) is 6.92 Å². The number of aromatic nitrogens is 2. The van der Waals surface area contributed by atoms with E-state index in [0.29, 0.717) is 31.7 Å². The van der Waals surface area contributed by atoms with Crippen LogP contribution in [0.15, 0.2) is 60.8 Å². The van der Waals surface area contributed by atoms with Crippen molar-refractivity contribution in [3.63, 3.8) is 0 Å². The lowest BCUT2D eigenvalue weighted by Gasteiger charge is -2.41. The third kappa shape index (κ3) is 6.01. The molecule has 5 rings (SSSR count). The lowest BCUT2D eigenvalue weighted by atomic mass is 9.90. The number of piperidine rings is 1. The summed E-state index contributed by atoms with van der Waals surface area (Å²) >= 11 is 0. The van der Waals surface area contributed by atoms with E-state index in [2.05, 4.69) is 43.0 Å². The molecule has 0 saturated carbocycles. The summed E-state index contributed by atoms with van der Waals surface area (Å²) in [5.74, 6) is 0.133. The van der Waals surface area contributed by atoms with Crippen molar-refractivity contribution >= 4 is 17.7 Å². The Morgan fingerprint density at radius 2 is 1.60 bits per heavy atom. The Bertz CT molecular complexity index is 1340.